The van der Waals surface area contributed by atoms with Gasteiger partial charge in [0.1, 0.15) is 0 Å². The highest BCUT2D eigenvalue weighted by molar-refractivity contribution is 7.89. The first-order valence-corrected chi connectivity index (χ1v) is 9.12. The predicted octanol–water partition coefficient (Wildman–Crippen LogP) is 3.06. The average molecular weight is 342 g/mol. The summed E-state index contributed by atoms with van der Waals surface area (Å²) in [5.41, 5.74) is -0.271. The van der Waals surface area contributed by atoms with Crippen LogP contribution in [0.4, 0.5) is 5.69 Å². The number of hydrogen-bond acceptors (Lipinski definition) is 4. The van der Waals surface area contributed by atoms with Crippen molar-refractivity contribution in [1.29, 1.82) is 0 Å². The molecule has 0 fully saturated rings. The van der Waals surface area contributed by atoms with Gasteiger partial charge in [0, 0.05) is 17.3 Å². The fourth-order valence-electron chi connectivity index (χ4n) is 2.23. The van der Waals surface area contributed by atoms with Crippen LogP contribution in [0.3, 0.4) is 0 Å². The molecule has 1 aromatic carbocycles. The zero-order chi connectivity index (χ0) is 17.8. The lowest BCUT2D eigenvalue weighted by atomic mass is 10.1. The van der Waals surface area contributed by atoms with Gasteiger partial charge in [-0.25, -0.2) is 17.9 Å². The van der Waals surface area contributed by atoms with E-state index in [0.29, 0.717) is 5.69 Å². The van der Waals surface area contributed by atoms with Gasteiger partial charge in [0.2, 0.25) is 10.0 Å². The molecule has 0 spiro atoms. The van der Waals surface area contributed by atoms with Crippen LogP contribution in [0.25, 0.3) is 0 Å². The molecule has 3 N–H and O–H groups in total. The molecule has 1 aromatic rings. The van der Waals surface area contributed by atoms with Gasteiger partial charge in [-0.1, -0.05) is 13.3 Å². The third-order valence-electron chi connectivity index (χ3n) is 3.10. The summed E-state index contributed by atoms with van der Waals surface area (Å²) in [6.07, 6.45) is 1.86. The second-order valence-corrected chi connectivity index (χ2v) is 8.38. The molecule has 0 unspecified atom stereocenters. The number of carboxylic acid groups (broad SMARTS) is 1. The van der Waals surface area contributed by atoms with Crippen LogP contribution in [0.15, 0.2) is 23.1 Å². The van der Waals surface area contributed by atoms with Crippen molar-refractivity contribution in [3.8, 4) is 0 Å². The Bertz CT molecular complexity index is 663. The quantitative estimate of drug-likeness (QED) is 0.708. The van der Waals surface area contributed by atoms with Crippen molar-refractivity contribution in [1.82, 2.24) is 4.72 Å². The fourth-order valence-corrected chi connectivity index (χ4v) is 3.67. The summed E-state index contributed by atoms with van der Waals surface area (Å²) in [5.74, 6) is -1.16. The number of benzene rings is 1. The molecule has 0 saturated heterocycles. The van der Waals surface area contributed by atoms with Crippen molar-refractivity contribution < 1.29 is 18.3 Å². The summed E-state index contributed by atoms with van der Waals surface area (Å²) in [4.78, 5) is 11.4. The number of rotatable bonds is 7. The molecule has 7 heteroatoms. The van der Waals surface area contributed by atoms with Crippen molar-refractivity contribution >= 4 is 21.7 Å². The van der Waals surface area contributed by atoms with E-state index < -0.39 is 21.5 Å². The molecule has 1 rings (SSSR count). The van der Waals surface area contributed by atoms with Crippen LogP contribution in [0.1, 0.15) is 57.8 Å². The largest absolute Gasteiger partial charge is 0.478 e. The Hall–Kier alpha value is -1.60. The SMILES string of the molecule is CCC[C@H](C)Nc1ccc(S(=O)(=O)NC(C)(C)C)cc1C(=O)O. The van der Waals surface area contributed by atoms with Crippen LogP contribution in [0.2, 0.25) is 0 Å². The highest BCUT2D eigenvalue weighted by Crippen LogP contribution is 2.23. The van der Waals surface area contributed by atoms with Gasteiger partial charge in [-0.2, -0.15) is 0 Å². The zero-order valence-corrected chi connectivity index (χ0v) is 15.1. The van der Waals surface area contributed by atoms with Crippen LogP contribution in [-0.2, 0) is 10.0 Å². The fraction of sp³-hybridized carbons (Fsp3) is 0.562. The molecule has 0 radical (unpaired) electrons. The normalized spacial score (nSPS) is 13.6. The monoisotopic (exact) mass is 342 g/mol. The van der Waals surface area contributed by atoms with Crippen molar-refractivity contribution in [3.05, 3.63) is 23.8 Å². The summed E-state index contributed by atoms with van der Waals surface area (Å²) in [5, 5.41) is 12.5. The number of nitrogens with one attached hydrogen (secondary N) is 2. The van der Waals surface area contributed by atoms with Crippen molar-refractivity contribution in [2.75, 3.05) is 5.32 Å². The van der Waals surface area contributed by atoms with Gasteiger partial charge in [0.15, 0.2) is 0 Å². The first-order valence-electron chi connectivity index (χ1n) is 7.64. The van der Waals surface area contributed by atoms with Crippen LogP contribution in [0, 0.1) is 0 Å². The number of hydrogen-bond donors (Lipinski definition) is 3. The molecule has 0 amide bonds. The standard InChI is InChI=1S/C16H26N2O4S/c1-6-7-11(2)17-14-9-8-12(10-13(14)15(19)20)23(21,22)18-16(3,4)5/h8-11,17-18H,6-7H2,1-5H3,(H,19,20)/t11-/m0/s1. The van der Waals surface area contributed by atoms with E-state index in [1.807, 2.05) is 13.8 Å². The van der Waals surface area contributed by atoms with Crippen molar-refractivity contribution in [2.45, 2.75) is 63.9 Å². The lowest BCUT2D eigenvalue weighted by molar-refractivity contribution is 0.0697. The molecule has 0 bridgehead atoms. The van der Waals surface area contributed by atoms with Crippen LogP contribution < -0.4 is 10.0 Å². The van der Waals surface area contributed by atoms with Gasteiger partial charge in [-0.3, -0.25) is 0 Å². The molecule has 0 aliphatic rings. The maximum atomic E-state index is 12.3. The minimum Gasteiger partial charge on any atom is -0.478 e. The van der Waals surface area contributed by atoms with Gasteiger partial charge in [-0.05, 0) is 52.3 Å². The Morgan fingerprint density at radius 3 is 2.39 bits per heavy atom. The molecule has 0 saturated carbocycles. The Morgan fingerprint density at radius 1 is 1.30 bits per heavy atom. The van der Waals surface area contributed by atoms with E-state index >= 15 is 0 Å². The molecule has 23 heavy (non-hydrogen) atoms. The van der Waals surface area contributed by atoms with E-state index in [1.54, 1.807) is 20.8 Å². The Kier molecular flexibility index (Phi) is 6.18. The molecule has 1 atom stereocenters. The van der Waals surface area contributed by atoms with Gasteiger partial charge in [0.25, 0.3) is 0 Å². The Labute approximate surface area is 138 Å². The molecule has 0 aromatic heterocycles. The van der Waals surface area contributed by atoms with Gasteiger partial charge in [0.05, 0.1) is 10.5 Å². The maximum Gasteiger partial charge on any atom is 0.337 e. The van der Waals surface area contributed by atoms with Crippen molar-refractivity contribution in [3.63, 3.8) is 0 Å². The molecular weight excluding hydrogens is 316 g/mol. The topological polar surface area (TPSA) is 95.5 Å². The van der Waals surface area contributed by atoms with Gasteiger partial charge >= 0.3 is 5.97 Å². The lowest BCUT2D eigenvalue weighted by Gasteiger charge is -2.21. The van der Waals surface area contributed by atoms with Gasteiger partial charge in [-0.15, -0.1) is 0 Å². The van der Waals surface area contributed by atoms with E-state index in [0.717, 1.165) is 12.8 Å². The average Bonchev–Trinajstić information content (AvgIpc) is 2.35. The molecule has 130 valence electrons. The smallest absolute Gasteiger partial charge is 0.337 e. The Morgan fingerprint density at radius 2 is 1.91 bits per heavy atom. The highest BCUT2D eigenvalue weighted by Gasteiger charge is 2.24. The number of sulfonamides is 1. The molecule has 6 nitrogen and oxygen atoms in total. The molecule has 0 heterocycles. The summed E-state index contributed by atoms with van der Waals surface area (Å²) >= 11 is 0. The lowest BCUT2D eigenvalue weighted by Crippen LogP contribution is -2.40. The van der Waals surface area contributed by atoms with E-state index in [2.05, 4.69) is 10.0 Å². The van der Waals surface area contributed by atoms with Crippen molar-refractivity contribution in [2.24, 2.45) is 0 Å². The third kappa shape index (κ3) is 5.84. The van der Waals surface area contributed by atoms with Crippen LogP contribution in [-0.4, -0.2) is 31.1 Å². The maximum absolute atomic E-state index is 12.3. The zero-order valence-electron chi connectivity index (χ0n) is 14.3. The van der Waals surface area contributed by atoms with E-state index in [-0.39, 0.29) is 16.5 Å². The van der Waals surface area contributed by atoms with E-state index in [1.165, 1.54) is 18.2 Å². The second-order valence-electron chi connectivity index (χ2n) is 6.70. The number of anilines is 1. The predicted molar refractivity (Wildman–Crippen MR) is 91.5 cm³/mol. The minimum atomic E-state index is -3.77. The molecular formula is C16H26N2O4S. The summed E-state index contributed by atoms with van der Waals surface area (Å²) in [7, 11) is -3.77. The Balaban J connectivity index is 3.21. The molecule has 0 aliphatic heterocycles. The summed E-state index contributed by atoms with van der Waals surface area (Å²) in [6, 6.07) is 4.22. The van der Waals surface area contributed by atoms with Crippen LogP contribution >= 0.6 is 0 Å². The minimum absolute atomic E-state index is 0.0512. The number of aromatic carboxylic acids is 1. The molecule has 0 aliphatic carbocycles. The summed E-state index contributed by atoms with van der Waals surface area (Å²) in [6.45, 7) is 9.19. The van der Waals surface area contributed by atoms with E-state index in [9.17, 15) is 18.3 Å². The third-order valence-corrected chi connectivity index (χ3v) is 4.85. The van der Waals surface area contributed by atoms with Crippen LogP contribution in [0.5, 0.6) is 0 Å². The first kappa shape index (κ1) is 19.4. The second kappa shape index (κ2) is 7.31. The summed E-state index contributed by atoms with van der Waals surface area (Å²) < 4.78 is 27.2. The highest BCUT2D eigenvalue weighted by atomic mass is 32.2. The van der Waals surface area contributed by atoms with Gasteiger partial charge < -0.3 is 10.4 Å². The number of carboxylic acids is 1. The first-order chi connectivity index (χ1) is 10.5. The number of carbonyl (C=O) groups is 1. The van der Waals surface area contributed by atoms with E-state index in [4.69, 9.17) is 0 Å².